The average molecular weight is 493 g/mol. The van der Waals surface area contributed by atoms with Crippen LogP contribution in [0.2, 0.25) is 0 Å². The SMILES string of the molecule is Cc1ccc(N(Cc2ccc3c(c2)CN(S(=O)(=O)Cc2ccccc2)CCO3)C(=O)C(C)C)cc1. The number of hydrogen-bond acceptors (Lipinski definition) is 4. The monoisotopic (exact) mass is 492 g/mol. The second kappa shape index (κ2) is 10.6. The van der Waals surface area contributed by atoms with Crippen molar-refractivity contribution in [3.05, 3.63) is 95.1 Å². The van der Waals surface area contributed by atoms with E-state index in [-0.39, 0.29) is 24.1 Å². The number of fused-ring (bicyclic) bond motifs is 1. The molecule has 6 nitrogen and oxygen atoms in total. The van der Waals surface area contributed by atoms with Crippen LogP contribution in [0, 0.1) is 12.8 Å². The van der Waals surface area contributed by atoms with Gasteiger partial charge < -0.3 is 9.64 Å². The number of amides is 1. The van der Waals surface area contributed by atoms with E-state index in [2.05, 4.69) is 0 Å². The van der Waals surface area contributed by atoms with Gasteiger partial charge in [0.2, 0.25) is 15.9 Å². The fourth-order valence-electron chi connectivity index (χ4n) is 4.15. The third-order valence-electron chi connectivity index (χ3n) is 6.10. The molecule has 0 atom stereocenters. The minimum atomic E-state index is -3.52. The first kappa shape index (κ1) is 24.9. The maximum absolute atomic E-state index is 13.2. The van der Waals surface area contributed by atoms with Gasteiger partial charge in [0.15, 0.2) is 0 Å². The predicted molar refractivity (Wildman–Crippen MR) is 139 cm³/mol. The van der Waals surface area contributed by atoms with Crippen LogP contribution in [0.3, 0.4) is 0 Å². The van der Waals surface area contributed by atoms with Crippen molar-refractivity contribution in [3.63, 3.8) is 0 Å². The number of rotatable bonds is 7. The van der Waals surface area contributed by atoms with Crippen LogP contribution in [0.4, 0.5) is 5.69 Å². The number of ether oxygens (including phenoxy) is 1. The number of anilines is 1. The van der Waals surface area contributed by atoms with Gasteiger partial charge in [-0.15, -0.1) is 0 Å². The summed E-state index contributed by atoms with van der Waals surface area (Å²) in [6.45, 7) is 7.02. The molecule has 0 aliphatic carbocycles. The summed E-state index contributed by atoms with van der Waals surface area (Å²) in [5, 5.41) is 0. The van der Waals surface area contributed by atoms with Gasteiger partial charge in [0.25, 0.3) is 0 Å². The summed E-state index contributed by atoms with van der Waals surface area (Å²) in [7, 11) is -3.52. The van der Waals surface area contributed by atoms with Crippen LogP contribution in [-0.2, 0) is 33.7 Å². The minimum Gasteiger partial charge on any atom is -0.492 e. The van der Waals surface area contributed by atoms with E-state index < -0.39 is 10.0 Å². The van der Waals surface area contributed by atoms with Gasteiger partial charge in [-0.1, -0.05) is 67.9 Å². The molecule has 0 aromatic heterocycles. The lowest BCUT2D eigenvalue weighted by Gasteiger charge is -2.25. The van der Waals surface area contributed by atoms with Gasteiger partial charge in [0, 0.05) is 30.3 Å². The molecule has 0 saturated carbocycles. The Labute approximate surface area is 208 Å². The van der Waals surface area contributed by atoms with Gasteiger partial charge in [-0.3, -0.25) is 4.79 Å². The molecule has 184 valence electrons. The topological polar surface area (TPSA) is 66.9 Å². The lowest BCUT2D eigenvalue weighted by molar-refractivity contribution is -0.121. The van der Waals surface area contributed by atoms with Gasteiger partial charge in [0.05, 0.1) is 12.3 Å². The average Bonchev–Trinajstić information content (AvgIpc) is 3.06. The van der Waals surface area contributed by atoms with Crippen molar-refractivity contribution >= 4 is 21.6 Å². The normalized spacial score (nSPS) is 14.2. The molecule has 4 rings (SSSR count). The molecule has 1 aliphatic rings. The molecule has 3 aromatic carbocycles. The predicted octanol–water partition coefficient (Wildman–Crippen LogP) is 4.91. The third kappa shape index (κ3) is 6.10. The molecule has 0 unspecified atom stereocenters. The van der Waals surface area contributed by atoms with Crippen molar-refractivity contribution < 1.29 is 17.9 Å². The molecule has 7 heteroatoms. The fraction of sp³-hybridized carbons (Fsp3) is 0.321. The van der Waals surface area contributed by atoms with Crippen molar-refractivity contribution in [1.29, 1.82) is 0 Å². The van der Waals surface area contributed by atoms with Gasteiger partial charge in [-0.25, -0.2) is 8.42 Å². The Bertz CT molecular complexity index is 1270. The van der Waals surface area contributed by atoms with E-state index in [4.69, 9.17) is 4.74 Å². The van der Waals surface area contributed by atoms with Crippen LogP contribution in [0.15, 0.2) is 72.8 Å². The molecule has 0 bridgehead atoms. The fourth-order valence-corrected chi connectivity index (χ4v) is 5.64. The summed E-state index contributed by atoms with van der Waals surface area (Å²) in [6.07, 6.45) is 0. The number of carbonyl (C=O) groups is 1. The van der Waals surface area contributed by atoms with Crippen molar-refractivity contribution in [3.8, 4) is 5.75 Å². The van der Waals surface area contributed by atoms with Crippen LogP contribution in [-0.4, -0.2) is 31.8 Å². The van der Waals surface area contributed by atoms with Crippen molar-refractivity contribution in [2.24, 2.45) is 5.92 Å². The van der Waals surface area contributed by atoms with Crippen molar-refractivity contribution in [2.75, 3.05) is 18.1 Å². The van der Waals surface area contributed by atoms with E-state index in [9.17, 15) is 13.2 Å². The highest BCUT2D eigenvalue weighted by molar-refractivity contribution is 7.88. The Morgan fingerprint density at radius 3 is 2.40 bits per heavy atom. The number of carbonyl (C=O) groups excluding carboxylic acids is 1. The first-order chi connectivity index (χ1) is 16.7. The van der Waals surface area contributed by atoms with E-state index in [0.717, 1.165) is 27.9 Å². The third-order valence-corrected chi connectivity index (χ3v) is 7.90. The van der Waals surface area contributed by atoms with Crippen LogP contribution in [0.1, 0.15) is 36.1 Å². The second-order valence-electron chi connectivity index (χ2n) is 9.28. The van der Waals surface area contributed by atoms with Gasteiger partial charge in [0.1, 0.15) is 12.4 Å². The zero-order valence-electron chi connectivity index (χ0n) is 20.5. The van der Waals surface area contributed by atoms with Crippen LogP contribution < -0.4 is 9.64 Å². The van der Waals surface area contributed by atoms with Crippen molar-refractivity contribution in [2.45, 2.75) is 39.6 Å². The Hall–Kier alpha value is -3.16. The number of hydrogen-bond donors (Lipinski definition) is 0. The summed E-state index contributed by atoms with van der Waals surface area (Å²) in [5.74, 6) is 0.516. The molecule has 1 aliphatic heterocycles. The summed E-state index contributed by atoms with van der Waals surface area (Å²) in [6, 6.07) is 22.9. The second-order valence-corrected chi connectivity index (χ2v) is 11.2. The van der Waals surface area contributed by atoms with Gasteiger partial charge in [-0.2, -0.15) is 4.31 Å². The lowest BCUT2D eigenvalue weighted by Crippen LogP contribution is -2.34. The Morgan fingerprint density at radius 1 is 1.00 bits per heavy atom. The highest BCUT2D eigenvalue weighted by atomic mass is 32.2. The zero-order valence-corrected chi connectivity index (χ0v) is 21.3. The number of benzene rings is 3. The quantitative estimate of drug-likeness (QED) is 0.470. The molecule has 0 fully saturated rings. The van der Waals surface area contributed by atoms with Crippen LogP contribution in [0.5, 0.6) is 5.75 Å². The first-order valence-corrected chi connectivity index (χ1v) is 13.5. The number of nitrogens with zero attached hydrogens (tertiary/aromatic N) is 2. The molecule has 3 aromatic rings. The summed E-state index contributed by atoms with van der Waals surface area (Å²) in [4.78, 5) is 14.8. The molecular formula is C28H32N2O4S. The zero-order chi connectivity index (χ0) is 25.0. The largest absolute Gasteiger partial charge is 0.492 e. The van der Waals surface area contributed by atoms with Crippen LogP contribution >= 0.6 is 0 Å². The van der Waals surface area contributed by atoms with E-state index in [0.29, 0.717) is 25.4 Å². The molecule has 0 saturated heterocycles. The van der Waals surface area contributed by atoms with E-state index in [1.807, 2.05) is 93.6 Å². The molecule has 1 amide bonds. The smallest absolute Gasteiger partial charge is 0.229 e. The van der Waals surface area contributed by atoms with Gasteiger partial charge >= 0.3 is 0 Å². The van der Waals surface area contributed by atoms with E-state index in [1.54, 1.807) is 4.90 Å². The summed E-state index contributed by atoms with van der Waals surface area (Å²) < 4.78 is 33.7. The molecule has 0 N–H and O–H groups in total. The molecule has 0 radical (unpaired) electrons. The highest BCUT2D eigenvalue weighted by Crippen LogP contribution is 2.28. The summed E-state index contributed by atoms with van der Waals surface area (Å²) in [5.41, 5.74) is 4.45. The molecule has 35 heavy (non-hydrogen) atoms. The van der Waals surface area contributed by atoms with Crippen molar-refractivity contribution in [1.82, 2.24) is 4.31 Å². The van der Waals surface area contributed by atoms with Crippen LogP contribution in [0.25, 0.3) is 0 Å². The molecule has 0 spiro atoms. The Kier molecular flexibility index (Phi) is 7.57. The van der Waals surface area contributed by atoms with E-state index in [1.165, 1.54) is 4.31 Å². The standard InChI is InChI=1S/C28H32N2O4S/c1-21(2)28(31)30(26-12-9-22(3)10-13-26)18-24-11-14-27-25(17-24)19-29(15-16-34-27)35(32,33)20-23-7-5-4-6-8-23/h4-14,17,21H,15-16,18-20H2,1-3H3. The highest BCUT2D eigenvalue weighted by Gasteiger charge is 2.27. The Morgan fingerprint density at radius 2 is 1.71 bits per heavy atom. The maximum Gasteiger partial charge on any atom is 0.229 e. The number of sulfonamides is 1. The minimum absolute atomic E-state index is 0.0344. The summed E-state index contributed by atoms with van der Waals surface area (Å²) >= 11 is 0. The first-order valence-electron chi connectivity index (χ1n) is 11.9. The van der Waals surface area contributed by atoms with Gasteiger partial charge in [-0.05, 0) is 42.3 Å². The molecule has 1 heterocycles. The maximum atomic E-state index is 13.2. The van der Waals surface area contributed by atoms with E-state index >= 15 is 0 Å². The lowest BCUT2D eigenvalue weighted by atomic mass is 10.1. The number of aryl methyl sites for hydroxylation is 1. The molecular weight excluding hydrogens is 460 g/mol. The Balaban J connectivity index is 1.59.